The molecule has 0 heterocycles. The molecule has 0 aliphatic carbocycles. The van der Waals surface area contributed by atoms with E-state index in [-0.39, 0.29) is 35.8 Å². The van der Waals surface area contributed by atoms with Crippen molar-refractivity contribution in [2.75, 3.05) is 10.6 Å². The fraction of sp³-hybridized carbons (Fsp3) is 0.167. The molecule has 0 aliphatic heterocycles. The van der Waals surface area contributed by atoms with Crippen LogP contribution in [0.1, 0.15) is 20.3 Å². The van der Waals surface area contributed by atoms with Crippen LogP contribution in [0, 0.1) is 23.3 Å². The zero-order valence-corrected chi connectivity index (χ0v) is 14.8. The van der Waals surface area contributed by atoms with Crippen molar-refractivity contribution in [2.45, 2.75) is 20.3 Å². The fourth-order valence-electron chi connectivity index (χ4n) is 1.70. The molecule has 150 valence electrons. The van der Waals surface area contributed by atoms with Gasteiger partial charge in [0.2, 0.25) is 11.8 Å². The lowest BCUT2D eigenvalue weighted by Gasteiger charge is -2.02. The van der Waals surface area contributed by atoms with E-state index in [1.54, 1.807) is 6.92 Å². The van der Waals surface area contributed by atoms with Crippen LogP contribution in [0.3, 0.4) is 0 Å². The topological polar surface area (TPSA) is 92.3 Å². The van der Waals surface area contributed by atoms with Gasteiger partial charge < -0.3 is 10.6 Å². The summed E-state index contributed by atoms with van der Waals surface area (Å²) in [6, 6.07) is 5.72. The van der Waals surface area contributed by atoms with Gasteiger partial charge in [-0.3, -0.25) is 9.59 Å². The molecule has 0 spiro atoms. The molecule has 10 heteroatoms. The highest BCUT2D eigenvalue weighted by atomic mass is 19.1. The molecule has 0 saturated carbocycles. The smallest absolute Gasteiger partial charge is 0.326 e. The minimum Gasteiger partial charge on any atom is -0.326 e. The minimum atomic E-state index is -0.709. The van der Waals surface area contributed by atoms with Crippen molar-refractivity contribution in [1.82, 2.24) is 0 Å². The van der Waals surface area contributed by atoms with Crippen LogP contribution in [0.25, 0.3) is 0 Å². The Morgan fingerprint density at radius 3 is 1.39 bits per heavy atom. The van der Waals surface area contributed by atoms with Crippen LogP contribution in [0.15, 0.2) is 36.4 Å². The second kappa shape index (κ2) is 12.8. The third-order valence-corrected chi connectivity index (χ3v) is 2.65. The number of benzene rings is 2. The van der Waals surface area contributed by atoms with Gasteiger partial charge in [0, 0.05) is 36.9 Å². The molecule has 0 unspecified atom stereocenters. The minimum absolute atomic E-state index is 0.125. The molecule has 2 aromatic carbocycles. The number of rotatable bonds is 3. The molecule has 2 rings (SSSR count). The van der Waals surface area contributed by atoms with Gasteiger partial charge in [0.1, 0.15) is 23.3 Å². The molecule has 0 radical (unpaired) electrons. The van der Waals surface area contributed by atoms with Gasteiger partial charge in [-0.05, 0) is 24.3 Å². The van der Waals surface area contributed by atoms with Crippen LogP contribution in [-0.4, -0.2) is 18.0 Å². The molecule has 0 aromatic heterocycles. The van der Waals surface area contributed by atoms with Gasteiger partial charge in [-0.2, -0.15) is 9.59 Å². The SMILES string of the molecule is CC(=O)Nc1cc(F)cc(F)c1.CCC(=O)Nc1cc(F)cc(F)c1.O=C=O. The van der Waals surface area contributed by atoms with Crippen LogP contribution in [0.2, 0.25) is 0 Å². The summed E-state index contributed by atoms with van der Waals surface area (Å²) in [5.74, 6) is -3.46. The van der Waals surface area contributed by atoms with Crippen molar-refractivity contribution in [3.05, 3.63) is 59.7 Å². The molecule has 0 fully saturated rings. The molecule has 0 atom stereocenters. The second-order valence-corrected chi connectivity index (χ2v) is 4.98. The predicted octanol–water partition coefficient (Wildman–Crippen LogP) is 3.65. The highest BCUT2D eigenvalue weighted by Crippen LogP contribution is 2.13. The first kappa shape index (κ1) is 24.5. The summed E-state index contributed by atoms with van der Waals surface area (Å²) in [6.07, 6.45) is 0.526. The Kier molecular flexibility index (Phi) is 11.2. The molecule has 2 N–H and O–H groups in total. The van der Waals surface area contributed by atoms with E-state index in [2.05, 4.69) is 10.6 Å². The van der Waals surface area contributed by atoms with Crippen LogP contribution in [-0.2, 0) is 19.2 Å². The Hall–Kier alpha value is -3.52. The number of hydrogen-bond donors (Lipinski definition) is 2. The molecule has 0 saturated heterocycles. The van der Waals surface area contributed by atoms with E-state index >= 15 is 0 Å². The average Bonchev–Trinajstić information content (AvgIpc) is 2.53. The standard InChI is InChI=1S/C9H9F2NO.C8H7F2NO.CO2/c1-2-9(13)12-8-4-6(10)3-7(11)5-8;1-5(12)11-8-3-6(9)2-7(10)4-8;2-1-3/h3-5H,2H2,1H3,(H,12,13);2-4H,1H3,(H,11,12);. The molecule has 0 bridgehead atoms. The zero-order chi connectivity index (χ0) is 21.7. The summed E-state index contributed by atoms with van der Waals surface area (Å²) >= 11 is 0. The quantitative estimate of drug-likeness (QED) is 0.770. The number of halogens is 4. The molecule has 0 aliphatic rings. The molecule has 28 heavy (non-hydrogen) atoms. The van der Waals surface area contributed by atoms with Gasteiger partial charge in [0.25, 0.3) is 0 Å². The monoisotopic (exact) mass is 400 g/mol. The van der Waals surface area contributed by atoms with E-state index in [4.69, 9.17) is 9.59 Å². The van der Waals surface area contributed by atoms with Crippen molar-refractivity contribution >= 4 is 29.3 Å². The van der Waals surface area contributed by atoms with Crippen molar-refractivity contribution in [3.8, 4) is 0 Å². The van der Waals surface area contributed by atoms with Crippen LogP contribution >= 0.6 is 0 Å². The Bertz CT molecular complexity index is 813. The largest absolute Gasteiger partial charge is 0.373 e. The van der Waals surface area contributed by atoms with Gasteiger partial charge >= 0.3 is 6.15 Å². The maximum atomic E-state index is 12.6. The molecule has 6 nitrogen and oxygen atoms in total. The van der Waals surface area contributed by atoms with Gasteiger partial charge in [-0.15, -0.1) is 0 Å². The number of carbonyl (C=O) groups is 2. The maximum Gasteiger partial charge on any atom is 0.373 e. The summed E-state index contributed by atoms with van der Waals surface area (Å²) < 4.78 is 50.2. The lowest BCUT2D eigenvalue weighted by molar-refractivity contribution is -0.191. The highest BCUT2D eigenvalue weighted by molar-refractivity contribution is 5.90. The Labute approximate surface area is 157 Å². The van der Waals surface area contributed by atoms with Crippen LogP contribution in [0.5, 0.6) is 0 Å². The van der Waals surface area contributed by atoms with Crippen LogP contribution in [0.4, 0.5) is 28.9 Å². The molecule has 2 aromatic rings. The third-order valence-electron chi connectivity index (χ3n) is 2.65. The van der Waals surface area contributed by atoms with Crippen molar-refractivity contribution in [3.63, 3.8) is 0 Å². The van der Waals surface area contributed by atoms with Gasteiger partial charge in [0.05, 0.1) is 0 Å². The Morgan fingerprint density at radius 2 is 1.11 bits per heavy atom. The van der Waals surface area contributed by atoms with Crippen molar-refractivity contribution in [1.29, 1.82) is 0 Å². The number of nitrogens with one attached hydrogen (secondary N) is 2. The lowest BCUT2D eigenvalue weighted by atomic mass is 10.3. The van der Waals surface area contributed by atoms with E-state index < -0.39 is 23.3 Å². The zero-order valence-electron chi connectivity index (χ0n) is 14.8. The van der Waals surface area contributed by atoms with E-state index in [1.807, 2.05) is 0 Å². The van der Waals surface area contributed by atoms with E-state index in [0.29, 0.717) is 0 Å². The second-order valence-electron chi connectivity index (χ2n) is 4.98. The average molecular weight is 400 g/mol. The van der Waals surface area contributed by atoms with E-state index in [9.17, 15) is 27.2 Å². The first-order valence-electron chi connectivity index (χ1n) is 7.60. The first-order chi connectivity index (χ1) is 13.1. The predicted molar refractivity (Wildman–Crippen MR) is 90.9 cm³/mol. The molecular formula is C18H16F4N2O4. The summed E-state index contributed by atoms with van der Waals surface area (Å²) in [6.45, 7) is 2.92. The maximum absolute atomic E-state index is 12.6. The molecule has 2 amide bonds. The first-order valence-corrected chi connectivity index (χ1v) is 7.60. The third kappa shape index (κ3) is 11.2. The number of hydrogen-bond acceptors (Lipinski definition) is 4. The van der Waals surface area contributed by atoms with E-state index in [1.165, 1.54) is 6.92 Å². The van der Waals surface area contributed by atoms with Crippen LogP contribution < -0.4 is 10.6 Å². The van der Waals surface area contributed by atoms with Gasteiger partial charge in [-0.25, -0.2) is 17.6 Å². The van der Waals surface area contributed by atoms with Gasteiger partial charge in [0.15, 0.2) is 0 Å². The lowest BCUT2D eigenvalue weighted by Crippen LogP contribution is -2.09. The van der Waals surface area contributed by atoms with E-state index in [0.717, 1.165) is 36.4 Å². The van der Waals surface area contributed by atoms with Gasteiger partial charge in [-0.1, -0.05) is 6.92 Å². The van der Waals surface area contributed by atoms with Crippen molar-refractivity contribution < 1.29 is 36.7 Å². The van der Waals surface area contributed by atoms with Crippen molar-refractivity contribution in [2.24, 2.45) is 0 Å². The number of anilines is 2. The normalized spacial score (nSPS) is 8.93. The Balaban J connectivity index is 0.000000458. The fourth-order valence-corrected chi connectivity index (χ4v) is 1.70. The highest BCUT2D eigenvalue weighted by Gasteiger charge is 2.03. The summed E-state index contributed by atoms with van der Waals surface area (Å²) in [7, 11) is 0. The molecular weight excluding hydrogens is 384 g/mol. The Morgan fingerprint density at radius 1 is 0.786 bits per heavy atom. The summed E-state index contributed by atoms with van der Waals surface area (Å²) in [5.41, 5.74) is 0.268. The number of carbonyl (C=O) groups excluding carboxylic acids is 4. The number of amides is 2. The summed E-state index contributed by atoms with van der Waals surface area (Å²) in [4.78, 5) is 37.6. The summed E-state index contributed by atoms with van der Waals surface area (Å²) in [5, 5.41) is 4.62.